The summed E-state index contributed by atoms with van der Waals surface area (Å²) >= 11 is 0. The fourth-order valence-corrected chi connectivity index (χ4v) is 3.60. The van der Waals surface area contributed by atoms with Gasteiger partial charge in [0.1, 0.15) is 5.82 Å². The Morgan fingerprint density at radius 1 is 1.09 bits per heavy atom. The molecule has 0 bridgehead atoms. The molecule has 0 radical (unpaired) electrons. The van der Waals surface area contributed by atoms with Crippen molar-refractivity contribution in [3.63, 3.8) is 0 Å². The molecule has 0 aromatic heterocycles. The summed E-state index contributed by atoms with van der Waals surface area (Å²) in [5.74, 6) is 0.0710. The molecule has 0 aliphatic carbocycles. The number of benzene rings is 1. The first kappa shape index (κ1) is 16.2. The number of rotatable bonds is 3. The van der Waals surface area contributed by atoms with Crippen molar-refractivity contribution in [2.24, 2.45) is 0 Å². The number of hydrogen-bond acceptors (Lipinski definition) is 3. The molecule has 126 valence electrons. The number of likely N-dealkylation sites (tertiary alicyclic amines) is 1. The quantitative estimate of drug-likeness (QED) is 0.856. The summed E-state index contributed by atoms with van der Waals surface area (Å²) in [7, 11) is 2.13. The predicted molar refractivity (Wildman–Crippen MR) is 90.1 cm³/mol. The third kappa shape index (κ3) is 4.02. The Morgan fingerprint density at radius 2 is 1.78 bits per heavy atom. The van der Waals surface area contributed by atoms with Crippen molar-refractivity contribution < 1.29 is 9.18 Å². The minimum absolute atomic E-state index is 0.209. The molecule has 1 aromatic carbocycles. The topological polar surface area (TPSA) is 26.8 Å². The molecule has 2 aliphatic heterocycles. The molecule has 1 atom stereocenters. The molecule has 3 rings (SSSR count). The Bertz CT molecular complexity index is 526. The van der Waals surface area contributed by atoms with Crippen LogP contribution in [0, 0.1) is 5.82 Å². The van der Waals surface area contributed by atoms with E-state index in [1.165, 1.54) is 25.0 Å². The van der Waals surface area contributed by atoms with Gasteiger partial charge in [0.05, 0.1) is 0 Å². The number of carbonyl (C=O) groups is 1. The van der Waals surface area contributed by atoms with Crippen molar-refractivity contribution in [1.29, 1.82) is 0 Å². The monoisotopic (exact) mass is 319 g/mol. The van der Waals surface area contributed by atoms with Crippen LogP contribution in [0.2, 0.25) is 0 Å². The van der Waals surface area contributed by atoms with Crippen molar-refractivity contribution in [3.8, 4) is 0 Å². The number of anilines is 1. The fraction of sp³-hybridized carbons (Fsp3) is 0.611. The van der Waals surface area contributed by atoms with Gasteiger partial charge >= 0.3 is 0 Å². The first-order valence-corrected chi connectivity index (χ1v) is 8.62. The molecule has 2 saturated heterocycles. The lowest BCUT2D eigenvalue weighted by Gasteiger charge is -2.38. The van der Waals surface area contributed by atoms with E-state index in [0.29, 0.717) is 12.5 Å². The highest BCUT2D eigenvalue weighted by molar-refractivity contribution is 5.77. The molecule has 2 heterocycles. The standard InChI is InChI=1S/C18H26FN3O/c1-20-9-3-2-4-17(20)14-18(23)22-12-10-21(11-13-22)16-7-5-15(19)6-8-16/h5-8,17H,2-4,9-14H2,1H3. The second-order valence-corrected chi connectivity index (χ2v) is 6.68. The maximum Gasteiger partial charge on any atom is 0.224 e. The summed E-state index contributed by atoms with van der Waals surface area (Å²) in [6.07, 6.45) is 4.27. The number of carbonyl (C=O) groups excluding carboxylic acids is 1. The average Bonchev–Trinajstić information content (AvgIpc) is 2.58. The number of hydrogen-bond donors (Lipinski definition) is 0. The van der Waals surface area contributed by atoms with Gasteiger partial charge < -0.3 is 14.7 Å². The van der Waals surface area contributed by atoms with Gasteiger partial charge in [-0.05, 0) is 50.7 Å². The lowest BCUT2D eigenvalue weighted by atomic mass is 9.99. The summed E-state index contributed by atoms with van der Waals surface area (Å²) in [6.45, 7) is 4.26. The molecule has 1 aromatic rings. The van der Waals surface area contributed by atoms with Gasteiger partial charge in [-0.3, -0.25) is 4.79 Å². The van der Waals surface area contributed by atoms with Gasteiger partial charge in [0.25, 0.3) is 0 Å². The van der Waals surface area contributed by atoms with E-state index >= 15 is 0 Å². The van der Waals surface area contributed by atoms with E-state index in [4.69, 9.17) is 0 Å². The van der Waals surface area contributed by atoms with E-state index in [0.717, 1.165) is 44.8 Å². The minimum Gasteiger partial charge on any atom is -0.368 e. The fourth-order valence-electron chi connectivity index (χ4n) is 3.60. The van der Waals surface area contributed by atoms with Crippen molar-refractivity contribution in [2.75, 3.05) is 44.7 Å². The van der Waals surface area contributed by atoms with E-state index in [1.807, 2.05) is 17.0 Å². The zero-order valence-corrected chi connectivity index (χ0v) is 13.9. The number of nitrogens with zero attached hydrogens (tertiary/aromatic N) is 3. The Kier molecular flexibility index (Phi) is 5.16. The Hall–Kier alpha value is -1.62. The number of amides is 1. The molecule has 23 heavy (non-hydrogen) atoms. The molecular formula is C18H26FN3O. The highest BCUT2D eigenvalue weighted by Gasteiger charge is 2.26. The van der Waals surface area contributed by atoms with E-state index in [9.17, 15) is 9.18 Å². The van der Waals surface area contributed by atoms with Crippen LogP contribution < -0.4 is 4.90 Å². The van der Waals surface area contributed by atoms with E-state index in [1.54, 1.807) is 0 Å². The first-order chi connectivity index (χ1) is 11.1. The Morgan fingerprint density at radius 3 is 2.43 bits per heavy atom. The Labute approximate surface area is 137 Å². The molecule has 2 aliphatic rings. The second-order valence-electron chi connectivity index (χ2n) is 6.68. The second kappa shape index (κ2) is 7.30. The highest BCUT2D eigenvalue weighted by Crippen LogP contribution is 2.20. The molecule has 0 N–H and O–H groups in total. The van der Waals surface area contributed by atoms with Crippen molar-refractivity contribution in [3.05, 3.63) is 30.1 Å². The lowest BCUT2D eigenvalue weighted by Crippen LogP contribution is -2.50. The predicted octanol–water partition coefficient (Wildman–Crippen LogP) is 2.35. The van der Waals surface area contributed by atoms with E-state index in [2.05, 4.69) is 16.8 Å². The molecule has 0 saturated carbocycles. The van der Waals surface area contributed by atoms with Crippen LogP contribution in [0.5, 0.6) is 0 Å². The summed E-state index contributed by atoms with van der Waals surface area (Å²) in [5, 5.41) is 0. The number of piperidine rings is 1. The Balaban J connectivity index is 1.50. The molecule has 0 spiro atoms. The molecule has 1 amide bonds. The SMILES string of the molecule is CN1CCCCC1CC(=O)N1CCN(c2ccc(F)cc2)CC1. The molecule has 4 nitrogen and oxygen atoms in total. The number of halogens is 1. The van der Waals surface area contributed by atoms with Crippen LogP contribution in [0.3, 0.4) is 0 Å². The van der Waals surface area contributed by atoms with Crippen LogP contribution in [-0.2, 0) is 4.79 Å². The van der Waals surface area contributed by atoms with Crippen molar-refractivity contribution in [2.45, 2.75) is 31.7 Å². The zero-order chi connectivity index (χ0) is 16.2. The maximum atomic E-state index is 13.0. The molecule has 5 heteroatoms. The molecule has 1 unspecified atom stereocenters. The van der Waals surface area contributed by atoms with E-state index < -0.39 is 0 Å². The minimum atomic E-state index is -0.209. The summed E-state index contributed by atoms with van der Waals surface area (Å²) in [5.41, 5.74) is 1.03. The lowest BCUT2D eigenvalue weighted by molar-refractivity contribution is -0.133. The van der Waals surface area contributed by atoms with Gasteiger partial charge in [0.2, 0.25) is 5.91 Å². The van der Waals surface area contributed by atoms with E-state index in [-0.39, 0.29) is 11.7 Å². The van der Waals surface area contributed by atoms with Gasteiger partial charge in [0, 0.05) is 44.3 Å². The molecule has 2 fully saturated rings. The van der Waals surface area contributed by atoms with Gasteiger partial charge in [-0.2, -0.15) is 0 Å². The van der Waals surface area contributed by atoms with Crippen LogP contribution in [0.1, 0.15) is 25.7 Å². The summed E-state index contributed by atoms with van der Waals surface area (Å²) in [4.78, 5) is 19.1. The first-order valence-electron chi connectivity index (χ1n) is 8.62. The smallest absolute Gasteiger partial charge is 0.224 e. The van der Waals surface area contributed by atoms with Gasteiger partial charge in [-0.25, -0.2) is 4.39 Å². The van der Waals surface area contributed by atoms with Gasteiger partial charge in [-0.1, -0.05) is 6.42 Å². The third-order valence-electron chi connectivity index (χ3n) is 5.16. The van der Waals surface area contributed by atoms with Crippen LogP contribution in [0.15, 0.2) is 24.3 Å². The van der Waals surface area contributed by atoms with Crippen molar-refractivity contribution in [1.82, 2.24) is 9.80 Å². The van der Waals surface area contributed by atoms with Crippen LogP contribution in [-0.4, -0.2) is 61.5 Å². The number of piperazine rings is 1. The average molecular weight is 319 g/mol. The summed E-state index contributed by atoms with van der Waals surface area (Å²) in [6, 6.07) is 7.01. The summed E-state index contributed by atoms with van der Waals surface area (Å²) < 4.78 is 13.0. The van der Waals surface area contributed by atoms with Crippen molar-refractivity contribution >= 4 is 11.6 Å². The van der Waals surface area contributed by atoms with Crippen LogP contribution >= 0.6 is 0 Å². The van der Waals surface area contributed by atoms with Gasteiger partial charge in [-0.15, -0.1) is 0 Å². The van der Waals surface area contributed by atoms with Gasteiger partial charge in [0.15, 0.2) is 0 Å². The van der Waals surface area contributed by atoms with Crippen LogP contribution in [0.25, 0.3) is 0 Å². The zero-order valence-electron chi connectivity index (χ0n) is 13.9. The third-order valence-corrected chi connectivity index (χ3v) is 5.16. The maximum absolute atomic E-state index is 13.0. The highest BCUT2D eigenvalue weighted by atomic mass is 19.1. The normalized spacial score (nSPS) is 23.1. The van der Waals surface area contributed by atoms with Crippen LogP contribution in [0.4, 0.5) is 10.1 Å². The molecular weight excluding hydrogens is 293 g/mol. The largest absolute Gasteiger partial charge is 0.368 e.